The number of rotatable bonds is 2. The van der Waals surface area contributed by atoms with E-state index >= 15 is 0 Å². The van der Waals surface area contributed by atoms with Gasteiger partial charge in [-0.2, -0.15) is 0 Å². The predicted molar refractivity (Wildman–Crippen MR) is 52.2 cm³/mol. The zero-order chi connectivity index (χ0) is 9.19. The maximum atomic E-state index is 11.1. The van der Waals surface area contributed by atoms with Gasteiger partial charge in [-0.15, -0.1) is 0 Å². The van der Waals surface area contributed by atoms with E-state index in [1.807, 2.05) is 6.07 Å². The molecule has 0 radical (unpaired) electrons. The Hall–Kier alpha value is -0.350. The van der Waals surface area contributed by atoms with Crippen molar-refractivity contribution in [3.8, 4) is 0 Å². The molecular weight excluding hydrogens is 240 g/mol. The summed E-state index contributed by atoms with van der Waals surface area (Å²) in [7, 11) is -3.06. The number of halogens is 1. The van der Waals surface area contributed by atoms with Crippen molar-refractivity contribution in [2.24, 2.45) is 0 Å². The smallest absolute Gasteiger partial charge is 0.175 e. The molecule has 0 bridgehead atoms. The van der Waals surface area contributed by atoms with Crippen molar-refractivity contribution in [3.63, 3.8) is 0 Å². The van der Waals surface area contributed by atoms with Crippen molar-refractivity contribution in [1.82, 2.24) is 0 Å². The van der Waals surface area contributed by atoms with E-state index in [-0.39, 0.29) is 0 Å². The van der Waals surface area contributed by atoms with Crippen LogP contribution in [0.2, 0.25) is 0 Å². The maximum Gasteiger partial charge on any atom is 0.175 e. The summed E-state index contributed by atoms with van der Waals surface area (Å²) in [6.45, 7) is 0. The van der Waals surface area contributed by atoms with Crippen LogP contribution in [0.4, 0.5) is 0 Å². The van der Waals surface area contributed by atoms with Crippen LogP contribution < -0.4 is 0 Å². The van der Waals surface area contributed by atoms with Gasteiger partial charge in [-0.1, -0.05) is 28.1 Å². The molecule has 0 amide bonds. The Balaban J connectivity index is 3.20. The molecule has 0 saturated carbocycles. The topological polar surface area (TPSA) is 34.1 Å². The molecule has 2 nitrogen and oxygen atoms in total. The first-order valence-electron chi connectivity index (χ1n) is 3.39. The van der Waals surface area contributed by atoms with Crippen molar-refractivity contribution in [3.05, 3.63) is 29.8 Å². The highest BCUT2D eigenvalue weighted by molar-refractivity contribution is 9.08. The lowest BCUT2D eigenvalue weighted by atomic mass is 10.2. The largest absolute Gasteiger partial charge is 0.224 e. The van der Waals surface area contributed by atoms with Crippen LogP contribution in [0.1, 0.15) is 5.56 Å². The van der Waals surface area contributed by atoms with Crippen LogP contribution in [0.3, 0.4) is 0 Å². The molecule has 1 rings (SSSR count). The van der Waals surface area contributed by atoms with E-state index in [4.69, 9.17) is 0 Å². The molecule has 12 heavy (non-hydrogen) atoms. The van der Waals surface area contributed by atoms with Gasteiger partial charge in [0.25, 0.3) is 0 Å². The highest BCUT2D eigenvalue weighted by atomic mass is 79.9. The molecule has 1 aromatic carbocycles. The number of hydrogen-bond donors (Lipinski definition) is 0. The first-order chi connectivity index (χ1) is 5.54. The van der Waals surface area contributed by atoms with Crippen molar-refractivity contribution < 1.29 is 8.42 Å². The molecule has 0 aliphatic rings. The van der Waals surface area contributed by atoms with E-state index in [2.05, 4.69) is 15.9 Å². The Bertz CT molecular complexity index is 370. The molecule has 0 aromatic heterocycles. The van der Waals surface area contributed by atoms with Gasteiger partial charge in [-0.3, -0.25) is 0 Å². The summed E-state index contributed by atoms with van der Waals surface area (Å²) >= 11 is 3.26. The van der Waals surface area contributed by atoms with E-state index in [0.717, 1.165) is 5.56 Å². The second kappa shape index (κ2) is 3.58. The summed E-state index contributed by atoms with van der Waals surface area (Å²) in [6, 6.07) is 6.89. The zero-order valence-corrected chi connectivity index (χ0v) is 9.02. The van der Waals surface area contributed by atoms with E-state index in [1.165, 1.54) is 6.26 Å². The number of hydrogen-bond acceptors (Lipinski definition) is 2. The molecule has 0 spiro atoms. The minimum atomic E-state index is -3.06. The van der Waals surface area contributed by atoms with Crippen LogP contribution >= 0.6 is 15.9 Å². The second-order valence-electron chi connectivity index (χ2n) is 2.55. The monoisotopic (exact) mass is 248 g/mol. The van der Waals surface area contributed by atoms with Gasteiger partial charge in [0.15, 0.2) is 9.84 Å². The fourth-order valence-corrected chi connectivity index (χ4v) is 1.90. The minimum Gasteiger partial charge on any atom is -0.224 e. The summed E-state index contributed by atoms with van der Waals surface area (Å²) in [5.74, 6) is 0. The van der Waals surface area contributed by atoms with Gasteiger partial charge < -0.3 is 0 Å². The van der Waals surface area contributed by atoms with Crippen LogP contribution in [0.25, 0.3) is 0 Å². The van der Waals surface area contributed by atoms with Gasteiger partial charge >= 0.3 is 0 Å². The molecule has 4 heteroatoms. The summed E-state index contributed by atoms with van der Waals surface area (Å²) < 4.78 is 22.2. The molecule has 0 aliphatic carbocycles. The number of alkyl halides is 1. The fraction of sp³-hybridized carbons (Fsp3) is 0.250. The first-order valence-corrected chi connectivity index (χ1v) is 6.40. The Morgan fingerprint density at radius 2 is 2.08 bits per heavy atom. The first kappa shape index (κ1) is 9.74. The number of benzene rings is 1. The summed E-state index contributed by atoms with van der Waals surface area (Å²) in [4.78, 5) is 0.374. The molecule has 1 aromatic rings. The molecule has 0 aliphatic heterocycles. The van der Waals surface area contributed by atoms with Crippen molar-refractivity contribution >= 4 is 25.8 Å². The Morgan fingerprint density at radius 3 is 2.58 bits per heavy atom. The third-order valence-electron chi connectivity index (χ3n) is 1.48. The third-order valence-corrected chi connectivity index (χ3v) is 3.24. The zero-order valence-electron chi connectivity index (χ0n) is 6.62. The van der Waals surface area contributed by atoms with E-state index < -0.39 is 9.84 Å². The van der Waals surface area contributed by atoms with Gasteiger partial charge in [0.2, 0.25) is 0 Å². The maximum absolute atomic E-state index is 11.1. The van der Waals surface area contributed by atoms with Crippen LogP contribution in [-0.4, -0.2) is 14.7 Å². The molecular formula is C8H9BrO2S. The highest BCUT2D eigenvalue weighted by Gasteiger charge is 2.05. The van der Waals surface area contributed by atoms with Gasteiger partial charge in [0.05, 0.1) is 4.90 Å². The molecule has 0 unspecified atom stereocenters. The molecule has 0 fully saturated rings. The van der Waals surface area contributed by atoms with Crippen molar-refractivity contribution in [1.29, 1.82) is 0 Å². The molecule has 0 saturated heterocycles. The highest BCUT2D eigenvalue weighted by Crippen LogP contribution is 2.13. The lowest BCUT2D eigenvalue weighted by Crippen LogP contribution is -1.97. The molecule has 0 N–H and O–H groups in total. The average Bonchev–Trinajstić information content (AvgIpc) is 2.03. The SMILES string of the molecule is CS(=O)(=O)c1cccc(CBr)c1. The van der Waals surface area contributed by atoms with E-state index in [0.29, 0.717) is 10.2 Å². The van der Waals surface area contributed by atoms with Crippen LogP contribution in [0, 0.1) is 0 Å². The quantitative estimate of drug-likeness (QED) is 0.751. The van der Waals surface area contributed by atoms with Crippen molar-refractivity contribution in [2.45, 2.75) is 10.2 Å². The normalized spacial score (nSPS) is 11.5. The van der Waals surface area contributed by atoms with Gasteiger partial charge in [-0.05, 0) is 17.7 Å². The summed E-state index contributed by atoms with van der Waals surface area (Å²) in [5, 5.41) is 0.677. The second-order valence-corrected chi connectivity index (χ2v) is 5.13. The van der Waals surface area contributed by atoms with E-state index in [1.54, 1.807) is 18.2 Å². The average molecular weight is 249 g/mol. The lowest BCUT2D eigenvalue weighted by molar-refractivity contribution is 0.602. The van der Waals surface area contributed by atoms with Gasteiger partial charge in [0.1, 0.15) is 0 Å². The number of sulfone groups is 1. The van der Waals surface area contributed by atoms with Crippen LogP contribution in [0.15, 0.2) is 29.2 Å². The minimum absolute atomic E-state index is 0.374. The molecule has 0 atom stereocenters. The van der Waals surface area contributed by atoms with Crippen LogP contribution in [0.5, 0.6) is 0 Å². The van der Waals surface area contributed by atoms with E-state index in [9.17, 15) is 8.42 Å². The van der Waals surface area contributed by atoms with Gasteiger partial charge in [-0.25, -0.2) is 8.42 Å². The standard InChI is InChI=1S/C8H9BrO2S/c1-12(10,11)8-4-2-3-7(5-8)6-9/h2-5H,6H2,1H3. The lowest BCUT2D eigenvalue weighted by Gasteiger charge is -1.99. The fourth-order valence-electron chi connectivity index (χ4n) is 0.859. The Labute approximate surface area is 80.7 Å². The predicted octanol–water partition coefficient (Wildman–Crippen LogP) is 1.99. The molecule has 66 valence electrons. The van der Waals surface area contributed by atoms with Crippen molar-refractivity contribution in [2.75, 3.05) is 6.26 Å². The Morgan fingerprint density at radius 1 is 1.42 bits per heavy atom. The van der Waals surface area contributed by atoms with Crippen LogP contribution in [-0.2, 0) is 15.2 Å². The summed E-state index contributed by atoms with van der Waals surface area (Å²) in [5.41, 5.74) is 0.970. The third kappa shape index (κ3) is 2.32. The Kier molecular flexibility index (Phi) is 2.90. The summed E-state index contributed by atoms with van der Waals surface area (Å²) in [6.07, 6.45) is 1.21. The molecule has 0 heterocycles. The van der Waals surface area contributed by atoms with Gasteiger partial charge in [0, 0.05) is 11.6 Å².